The molecule has 25 heavy (non-hydrogen) atoms. The second kappa shape index (κ2) is 8.04. The van der Waals surface area contributed by atoms with Gasteiger partial charge >= 0.3 is 0 Å². The van der Waals surface area contributed by atoms with Crippen LogP contribution < -0.4 is 4.90 Å². The van der Waals surface area contributed by atoms with Gasteiger partial charge in [-0.1, -0.05) is 18.2 Å². The van der Waals surface area contributed by atoms with Crippen molar-refractivity contribution in [2.45, 2.75) is 25.0 Å². The van der Waals surface area contributed by atoms with E-state index in [1.165, 1.54) is 31.6 Å². The zero-order valence-corrected chi connectivity index (χ0v) is 15.3. The summed E-state index contributed by atoms with van der Waals surface area (Å²) in [5, 5.41) is 10.6. The van der Waals surface area contributed by atoms with E-state index < -0.39 is 0 Å². The molecule has 3 aliphatic rings. The number of hydrogen-bond acceptors (Lipinski definition) is 5. The predicted octanol–water partition coefficient (Wildman–Crippen LogP) is 0.950. The SMILES string of the molecule is O[C@H](CN1CCN(c2ccccc2)CC1)CN1CCN2CCC[C@H]2C1. The highest BCUT2D eigenvalue weighted by Crippen LogP contribution is 2.21. The molecule has 4 rings (SSSR count). The second-order valence-corrected chi connectivity index (χ2v) is 7.87. The molecule has 1 N–H and O–H groups in total. The lowest BCUT2D eigenvalue weighted by molar-refractivity contribution is 0.0385. The van der Waals surface area contributed by atoms with Crippen LogP contribution in [0, 0.1) is 0 Å². The van der Waals surface area contributed by atoms with Gasteiger partial charge in [-0.2, -0.15) is 0 Å². The van der Waals surface area contributed by atoms with Crippen molar-refractivity contribution in [1.82, 2.24) is 14.7 Å². The molecule has 3 aliphatic heterocycles. The van der Waals surface area contributed by atoms with Gasteiger partial charge in [0.15, 0.2) is 0 Å². The third-order valence-electron chi connectivity index (χ3n) is 6.10. The van der Waals surface area contributed by atoms with Crippen molar-refractivity contribution in [3.63, 3.8) is 0 Å². The van der Waals surface area contributed by atoms with Crippen LogP contribution in [-0.4, -0.2) is 97.4 Å². The van der Waals surface area contributed by atoms with Gasteiger partial charge in [0.2, 0.25) is 0 Å². The molecule has 3 saturated heterocycles. The highest BCUT2D eigenvalue weighted by atomic mass is 16.3. The lowest BCUT2D eigenvalue weighted by atomic mass is 10.1. The van der Waals surface area contributed by atoms with Gasteiger partial charge < -0.3 is 10.0 Å². The predicted molar refractivity (Wildman–Crippen MR) is 102 cm³/mol. The number of aliphatic hydroxyl groups excluding tert-OH is 1. The van der Waals surface area contributed by atoms with Gasteiger partial charge in [0.1, 0.15) is 0 Å². The minimum atomic E-state index is -0.226. The molecule has 0 saturated carbocycles. The summed E-state index contributed by atoms with van der Waals surface area (Å²) in [6.45, 7) is 10.6. The van der Waals surface area contributed by atoms with E-state index in [4.69, 9.17) is 0 Å². The largest absolute Gasteiger partial charge is 0.390 e. The summed E-state index contributed by atoms with van der Waals surface area (Å²) < 4.78 is 0. The molecule has 0 radical (unpaired) electrons. The molecule has 5 nitrogen and oxygen atoms in total. The van der Waals surface area contributed by atoms with Crippen LogP contribution >= 0.6 is 0 Å². The number of β-amino-alcohol motifs (C(OH)–C–C–N with tert-alkyl or cyclic N) is 1. The Morgan fingerprint density at radius 1 is 0.880 bits per heavy atom. The Kier molecular flexibility index (Phi) is 5.56. The average Bonchev–Trinajstić information content (AvgIpc) is 3.11. The maximum Gasteiger partial charge on any atom is 0.0793 e. The van der Waals surface area contributed by atoms with Gasteiger partial charge in [-0.05, 0) is 31.5 Å². The molecule has 1 aromatic rings. The summed E-state index contributed by atoms with van der Waals surface area (Å²) >= 11 is 0. The number of anilines is 1. The first-order valence-corrected chi connectivity index (χ1v) is 9.95. The van der Waals surface area contributed by atoms with Crippen LogP contribution in [0.4, 0.5) is 5.69 Å². The lowest BCUT2D eigenvalue weighted by Crippen LogP contribution is -2.54. The number of fused-ring (bicyclic) bond motifs is 1. The molecular weight excluding hydrogens is 312 g/mol. The van der Waals surface area contributed by atoms with Gasteiger partial charge in [-0.15, -0.1) is 0 Å². The minimum absolute atomic E-state index is 0.226. The number of benzene rings is 1. The van der Waals surface area contributed by atoms with E-state index in [-0.39, 0.29) is 6.10 Å². The fourth-order valence-electron chi connectivity index (χ4n) is 4.70. The molecule has 1 aromatic carbocycles. The van der Waals surface area contributed by atoms with Crippen molar-refractivity contribution in [2.75, 3.05) is 70.3 Å². The Balaban J connectivity index is 1.19. The van der Waals surface area contributed by atoms with Crippen molar-refractivity contribution in [3.05, 3.63) is 30.3 Å². The smallest absolute Gasteiger partial charge is 0.0793 e. The first-order valence-electron chi connectivity index (χ1n) is 9.95. The maximum absolute atomic E-state index is 10.6. The van der Waals surface area contributed by atoms with Crippen LogP contribution in [0.15, 0.2) is 30.3 Å². The van der Waals surface area contributed by atoms with Crippen LogP contribution in [0.1, 0.15) is 12.8 Å². The summed E-state index contributed by atoms with van der Waals surface area (Å²) in [5.74, 6) is 0. The molecule has 138 valence electrons. The maximum atomic E-state index is 10.6. The number of rotatable bonds is 5. The van der Waals surface area contributed by atoms with E-state index in [2.05, 4.69) is 49.9 Å². The van der Waals surface area contributed by atoms with Crippen LogP contribution in [0.2, 0.25) is 0 Å². The number of nitrogens with zero attached hydrogens (tertiary/aromatic N) is 4. The van der Waals surface area contributed by atoms with Crippen molar-refractivity contribution >= 4 is 5.69 Å². The van der Waals surface area contributed by atoms with E-state index in [0.29, 0.717) is 0 Å². The van der Waals surface area contributed by atoms with E-state index in [1.807, 2.05) is 0 Å². The first-order chi connectivity index (χ1) is 12.3. The van der Waals surface area contributed by atoms with E-state index >= 15 is 0 Å². The normalized spacial score (nSPS) is 27.4. The standard InChI is InChI=1S/C20H32N4O/c25-20(17-22-11-14-23-8-4-7-19(23)15-22)16-21-9-12-24(13-10-21)18-5-2-1-3-6-18/h1-3,5-6,19-20,25H,4,7-17H2/t19-,20+/m0/s1. The fourth-order valence-corrected chi connectivity index (χ4v) is 4.70. The third kappa shape index (κ3) is 4.34. The molecular formula is C20H32N4O. The van der Waals surface area contributed by atoms with Gasteiger partial charge in [-0.25, -0.2) is 0 Å². The summed E-state index contributed by atoms with van der Waals surface area (Å²) in [4.78, 5) is 9.99. The van der Waals surface area contributed by atoms with Crippen LogP contribution in [-0.2, 0) is 0 Å². The quantitative estimate of drug-likeness (QED) is 0.860. The monoisotopic (exact) mass is 344 g/mol. The minimum Gasteiger partial charge on any atom is -0.390 e. The Morgan fingerprint density at radius 3 is 2.40 bits per heavy atom. The fraction of sp³-hybridized carbons (Fsp3) is 0.700. The molecule has 0 aliphatic carbocycles. The molecule has 0 amide bonds. The van der Waals surface area contributed by atoms with Crippen LogP contribution in [0.5, 0.6) is 0 Å². The molecule has 2 atom stereocenters. The first kappa shape index (κ1) is 17.3. The molecule has 3 fully saturated rings. The highest BCUT2D eigenvalue weighted by molar-refractivity contribution is 5.46. The number of aliphatic hydroxyl groups is 1. The third-order valence-corrected chi connectivity index (χ3v) is 6.10. The molecule has 0 bridgehead atoms. The topological polar surface area (TPSA) is 33.2 Å². The van der Waals surface area contributed by atoms with Crippen LogP contribution in [0.25, 0.3) is 0 Å². The summed E-state index contributed by atoms with van der Waals surface area (Å²) in [5.41, 5.74) is 1.32. The average molecular weight is 345 g/mol. The van der Waals surface area contributed by atoms with Crippen molar-refractivity contribution < 1.29 is 5.11 Å². The number of hydrogen-bond donors (Lipinski definition) is 1. The summed E-state index contributed by atoms with van der Waals surface area (Å²) in [7, 11) is 0. The van der Waals surface area contributed by atoms with E-state index in [1.54, 1.807) is 0 Å². The number of para-hydroxylation sites is 1. The van der Waals surface area contributed by atoms with Gasteiger partial charge in [0.25, 0.3) is 0 Å². The molecule has 5 heteroatoms. The van der Waals surface area contributed by atoms with Crippen molar-refractivity contribution in [2.24, 2.45) is 0 Å². The zero-order chi connectivity index (χ0) is 17.1. The molecule has 0 unspecified atom stereocenters. The highest BCUT2D eigenvalue weighted by Gasteiger charge is 2.31. The Morgan fingerprint density at radius 2 is 1.60 bits per heavy atom. The van der Waals surface area contributed by atoms with E-state index in [0.717, 1.165) is 58.4 Å². The van der Waals surface area contributed by atoms with Gasteiger partial charge in [0.05, 0.1) is 6.10 Å². The van der Waals surface area contributed by atoms with Crippen LogP contribution in [0.3, 0.4) is 0 Å². The van der Waals surface area contributed by atoms with Crippen molar-refractivity contribution in [3.8, 4) is 0 Å². The number of piperazine rings is 2. The Bertz CT molecular complexity index is 532. The van der Waals surface area contributed by atoms with Gasteiger partial charge in [-0.3, -0.25) is 14.7 Å². The summed E-state index contributed by atoms with van der Waals surface area (Å²) in [6.07, 6.45) is 2.47. The Hall–Kier alpha value is -1.14. The van der Waals surface area contributed by atoms with Gasteiger partial charge in [0, 0.05) is 70.6 Å². The van der Waals surface area contributed by atoms with E-state index in [9.17, 15) is 5.11 Å². The van der Waals surface area contributed by atoms with Crippen molar-refractivity contribution in [1.29, 1.82) is 0 Å². The summed E-state index contributed by atoms with van der Waals surface area (Å²) in [6, 6.07) is 11.4. The molecule has 0 aromatic heterocycles. The molecule has 0 spiro atoms. The second-order valence-electron chi connectivity index (χ2n) is 7.87. The lowest BCUT2D eigenvalue weighted by Gasteiger charge is -2.40. The molecule has 3 heterocycles. The zero-order valence-electron chi connectivity index (χ0n) is 15.3. The Labute approximate surface area is 151 Å².